The minimum Gasteiger partial charge on any atom is -0.461 e. The monoisotopic (exact) mass is 330 g/mol. The van der Waals surface area contributed by atoms with Gasteiger partial charge in [-0.15, -0.1) is 0 Å². The van der Waals surface area contributed by atoms with Crippen LogP contribution in [0.15, 0.2) is 11.6 Å². The zero-order valence-corrected chi connectivity index (χ0v) is 14.9. The van der Waals surface area contributed by atoms with Gasteiger partial charge in [0.15, 0.2) is 5.78 Å². The predicted molar refractivity (Wildman–Crippen MR) is 87.9 cm³/mol. The first-order valence-corrected chi connectivity index (χ1v) is 9.21. The van der Waals surface area contributed by atoms with Crippen LogP contribution in [0.3, 0.4) is 0 Å². The van der Waals surface area contributed by atoms with Crippen molar-refractivity contribution >= 4 is 17.5 Å². The van der Waals surface area contributed by atoms with Gasteiger partial charge in [0.05, 0.1) is 5.92 Å². The highest BCUT2D eigenvalue weighted by Crippen LogP contribution is 2.66. The number of fused-ring (bicyclic) bond motifs is 3. The minimum absolute atomic E-state index is 0.0235. The van der Waals surface area contributed by atoms with Crippen LogP contribution >= 0.6 is 0 Å². The predicted octanol–water partition coefficient (Wildman–Crippen LogP) is 2.95. The molecular formula is C20H26O4. The fourth-order valence-electron chi connectivity index (χ4n) is 6.15. The molecule has 3 fully saturated rings. The summed E-state index contributed by atoms with van der Waals surface area (Å²) in [6, 6.07) is 0. The molecule has 4 nitrogen and oxygen atoms in total. The van der Waals surface area contributed by atoms with Crippen molar-refractivity contribution in [1.29, 1.82) is 0 Å². The Bertz CT molecular complexity index is 661. The number of ether oxygens (including phenoxy) is 1. The van der Waals surface area contributed by atoms with Crippen molar-refractivity contribution in [1.82, 2.24) is 0 Å². The Kier molecular flexibility index (Phi) is 3.36. The number of allylic oxidation sites excluding steroid dienone is 2. The molecule has 1 saturated heterocycles. The van der Waals surface area contributed by atoms with E-state index >= 15 is 0 Å². The van der Waals surface area contributed by atoms with Crippen LogP contribution in [-0.4, -0.2) is 23.6 Å². The normalized spacial score (nSPS) is 47.2. The number of rotatable bonds is 1. The van der Waals surface area contributed by atoms with E-state index < -0.39 is 11.3 Å². The highest BCUT2D eigenvalue weighted by molar-refractivity contribution is 6.00. The fraction of sp³-hybridized carbons (Fsp3) is 0.750. The van der Waals surface area contributed by atoms with Gasteiger partial charge in [-0.1, -0.05) is 26.3 Å². The summed E-state index contributed by atoms with van der Waals surface area (Å²) in [4.78, 5) is 38.8. The summed E-state index contributed by atoms with van der Waals surface area (Å²) >= 11 is 0. The molecule has 7 atom stereocenters. The maximum absolute atomic E-state index is 13.2. The van der Waals surface area contributed by atoms with Gasteiger partial charge in [0.2, 0.25) is 0 Å². The van der Waals surface area contributed by atoms with Crippen molar-refractivity contribution in [3.05, 3.63) is 11.6 Å². The van der Waals surface area contributed by atoms with Crippen LogP contribution in [0.5, 0.6) is 0 Å². The number of carbonyl (C=O) groups is 3. The molecule has 1 aliphatic heterocycles. The second-order valence-corrected chi connectivity index (χ2v) is 8.83. The molecule has 0 aromatic rings. The molecule has 130 valence electrons. The lowest BCUT2D eigenvalue weighted by molar-refractivity contribution is -0.159. The Morgan fingerprint density at radius 1 is 1.21 bits per heavy atom. The molecule has 4 rings (SSSR count). The largest absolute Gasteiger partial charge is 0.461 e. The lowest BCUT2D eigenvalue weighted by Gasteiger charge is -2.45. The lowest BCUT2D eigenvalue weighted by Crippen LogP contribution is -2.51. The third-order valence-electron chi connectivity index (χ3n) is 7.42. The van der Waals surface area contributed by atoms with Crippen LogP contribution in [0.1, 0.15) is 47.0 Å². The van der Waals surface area contributed by atoms with E-state index in [-0.39, 0.29) is 47.3 Å². The lowest BCUT2D eigenvalue weighted by atomic mass is 9.58. The molecule has 4 aliphatic rings. The summed E-state index contributed by atoms with van der Waals surface area (Å²) < 4.78 is 5.79. The van der Waals surface area contributed by atoms with Crippen LogP contribution in [0.2, 0.25) is 0 Å². The van der Waals surface area contributed by atoms with Gasteiger partial charge in [-0.25, -0.2) is 0 Å². The fourth-order valence-corrected chi connectivity index (χ4v) is 6.15. The van der Waals surface area contributed by atoms with Crippen molar-refractivity contribution in [2.24, 2.45) is 40.9 Å². The van der Waals surface area contributed by atoms with Crippen molar-refractivity contribution in [2.45, 2.75) is 53.1 Å². The molecule has 3 aliphatic carbocycles. The number of hydrogen-bond donors (Lipinski definition) is 0. The molecule has 0 spiro atoms. The molecule has 0 radical (unpaired) electrons. The molecule has 0 aromatic carbocycles. The molecule has 2 saturated carbocycles. The topological polar surface area (TPSA) is 60.4 Å². The summed E-state index contributed by atoms with van der Waals surface area (Å²) in [6.45, 7) is 8.15. The number of hydrogen-bond acceptors (Lipinski definition) is 4. The van der Waals surface area contributed by atoms with Crippen LogP contribution in [-0.2, 0) is 19.1 Å². The van der Waals surface area contributed by atoms with Crippen molar-refractivity contribution in [3.63, 3.8) is 0 Å². The van der Waals surface area contributed by atoms with Gasteiger partial charge in [0.1, 0.15) is 11.9 Å². The molecular weight excluding hydrogens is 304 g/mol. The standard InChI is InChI=1S/C20H26O4/c1-9(2)11-8-14(22)20(4)12-6-5-10(3)7-13(21)15(12)16-17(20)18(11)24-19(16)23/h7,9,11-12,15-18H,5-6,8H2,1-4H3. The number of esters is 1. The number of carbonyl (C=O) groups excluding carboxylic acids is 3. The number of Topliss-reactive ketones (excluding diaryl/α,β-unsaturated/α-hetero) is 1. The molecule has 0 bridgehead atoms. The summed E-state index contributed by atoms with van der Waals surface area (Å²) in [5.41, 5.74) is 0.465. The van der Waals surface area contributed by atoms with E-state index in [1.165, 1.54) is 0 Å². The van der Waals surface area contributed by atoms with Gasteiger partial charge >= 0.3 is 5.97 Å². The number of ketones is 2. The average molecular weight is 330 g/mol. The first-order valence-electron chi connectivity index (χ1n) is 9.21. The Balaban J connectivity index is 1.85. The first kappa shape index (κ1) is 16.0. The quantitative estimate of drug-likeness (QED) is 0.694. The van der Waals surface area contributed by atoms with Crippen molar-refractivity contribution in [2.75, 3.05) is 0 Å². The second kappa shape index (κ2) is 5.03. The van der Waals surface area contributed by atoms with Gasteiger partial charge in [0.25, 0.3) is 0 Å². The second-order valence-electron chi connectivity index (χ2n) is 8.83. The van der Waals surface area contributed by atoms with E-state index in [4.69, 9.17) is 4.74 Å². The Morgan fingerprint density at radius 2 is 1.92 bits per heavy atom. The third kappa shape index (κ3) is 1.83. The molecule has 0 amide bonds. The maximum atomic E-state index is 13.2. The SMILES string of the molecule is CC1=CC(=O)C2C3C(=O)OC4C(C(C)C)CC(=O)C(C)(C2CC1)C43. The summed E-state index contributed by atoms with van der Waals surface area (Å²) in [5.74, 6) is -0.542. The van der Waals surface area contributed by atoms with E-state index in [0.717, 1.165) is 18.4 Å². The van der Waals surface area contributed by atoms with E-state index in [0.29, 0.717) is 12.3 Å². The summed E-state index contributed by atoms with van der Waals surface area (Å²) in [5, 5.41) is 0. The van der Waals surface area contributed by atoms with Crippen molar-refractivity contribution in [3.8, 4) is 0 Å². The van der Waals surface area contributed by atoms with E-state index in [1.54, 1.807) is 6.08 Å². The zero-order valence-electron chi connectivity index (χ0n) is 14.9. The first-order chi connectivity index (χ1) is 11.3. The molecule has 4 heteroatoms. The highest BCUT2D eigenvalue weighted by Gasteiger charge is 2.73. The average Bonchev–Trinajstić information content (AvgIpc) is 2.92. The Labute approximate surface area is 143 Å². The Hall–Kier alpha value is -1.45. The van der Waals surface area contributed by atoms with Crippen LogP contribution < -0.4 is 0 Å². The van der Waals surface area contributed by atoms with Gasteiger partial charge < -0.3 is 4.74 Å². The highest BCUT2D eigenvalue weighted by atomic mass is 16.6. The Morgan fingerprint density at radius 3 is 2.58 bits per heavy atom. The van der Waals surface area contributed by atoms with Crippen LogP contribution in [0, 0.1) is 40.9 Å². The maximum Gasteiger partial charge on any atom is 0.310 e. The zero-order chi connectivity index (χ0) is 17.4. The van der Waals surface area contributed by atoms with E-state index in [2.05, 4.69) is 13.8 Å². The summed E-state index contributed by atoms with van der Waals surface area (Å²) in [6.07, 6.45) is 3.63. The van der Waals surface area contributed by atoms with Gasteiger partial charge in [-0.2, -0.15) is 0 Å². The summed E-state index contributed by atoms with van der Waals surface area (Å²) in [7, 11) is 0. The molecule has 0 N–H and O–H groups in total. The molecule has 1 heterocycles. The molecule has 0 aromatic heterocycles. The molecule has 7 unspecified atom stereocenters. The van der Waals surface area contributed by atoms with Gasteiger partial charge in [-0.05, 0) is 37.7 Å². The van der Waals surface area contributed by atoms with E-state index in [9.17, 15) is 14.4 Å². The van der Waals surface area contributed by atoms with E-state index in [1.807, 2.05) is 13.8 Å². The van der Waals surface area contributed by atoms with Crippen LogP contribution in [0.25, 0.3) is 0 Å². The molecule has 24 heavy (non-hydrogen) atoms. The van der Waals surface area contributed by atoms with Crippen LogP contribution in [0.4, 0.5) is 0 Å². The smallest absolute Gasteiger partial charge is 0.310 e. The van der Waals surface area contributed by atoms with Crippen molar-refractivity contribution < 1.29 is 19.1 Å². The van der Waals surface area contributed by atoms with Gasteiger partial charge in [0, 0.05) is 29.6 Å². The third-order valence-corrected chi connectivity index (χ3v) is 7.42. The minimum atomic E-state index is -0.592. The van der Waals surface area contributed by atoms with Gasteiger partial charge in [-0.3, -0.25) is 14.4 Å².